The van der Waals surface area contributed by atoms with Crippen LogP contribution in [0.15, 0.2) is 30.5 Å². The molecule has 5 rings (SSSR count). The van der Waals surface area contributed by atoms with Crippen LogP contribution in [0.25, 0.3) is 16.7 Å². The van der Waals surface area contributed by atoms with E-state index in [1.165, 1.54) is 0 Å². The van der Waals surface area contributed by atoms with Crippen LogP contribution in [0.5, 0.6) is 0 Å². The number of H-pyrrole nitrogens is 1. The van der Waals surface area contributed by atoms with E-state index in [-0.39, 0.29) is 5.60 Å². The van der Waals surface area contributed by atoms with Crippen molar-refractivity contribution in [1.29, 1.82) is 0 Å². The fourth-order valence-corrected chi connectivity index (χ4v) is 3.99. The van der Waals surface area contributed by atoms with E-state index in [2.05, 4.69) is 53.0 Å². The van der Waals surface area contributed by atoms with Gasteiger partial charge >= 0.3 is 0 Å². The topological polar surface area (TPSA) is 96.3 Å². The quantitative estimate of drug-likeness (QED) is 0.511. The summed E-state index contributed by atoms with van der Waals surface area (Å²) in [6, 6.07) is 8.01. The van der Waals surface area contributed by atoms with Crippen LogP contribution in [0.1, 0.15) is 45.0 Å². The number of nitrogens with one attached hydrogen (secondary N) is 2. The van der Waals surface area contributed by atoms with Crippen molar-refractivity contribution in [1.82, 2.24) is 29.5 Å². The standard InChI is InChI=1S/C22H28N8O/c1-14(2)15-11-24-30-19(15)27-21(29-9-10-31-22(3,4)13-29)28-20(30)23-12-18-25-16-7-5-6-8-17(16)26-18/h5-8,11,14H,9-10,12-13H2,1-4H3,(H,25,26)(H,23,27,28). The lowest BCUT2D eigenvalue weighted by atomic mass is 10.1. The molecule has 0 bridgehead atoms. The molecule has 0 spiro atoms. The maximum Gasteiger partial charge on any atom is 0.230 e. The van der Waals surface area contributed by atoms with Gasteiger partial charge in [0.25, 0.3) is 0 Å². The summed E-state index contributed by atoms with van der Waals surface area (Å²) in [5.41, 5.74) is 3.66. The second-order valence-corrected chi connectivity index (χ2v) is 8.92. The summed E-state index contributed by atoms with van der Waals surface area (Å²) < 4.78 is 7.66. The zero-order chi connectivity index (χ0) is 21.6. The fourth-order valence-electron chi connectivity index (χ4n) is 3.99. The van der Waals surface area contributed by atoms with Crippen LogP contribution < -0.4 is 10.2 Å². The first-order valence-corrected chi connectivity index (χ1v) is 10.7. The number of aromatic amines is 1. The molecule has 0 amide bonds. The monoisotopic (exact) mass is 420 g/mol. The maximum atomic E-state index is 5.87. The molecule has 162 valence electrons. The molecule has 0 aliphatic carbocycles. The van der Waals surface area contributed by atoms with Crippen LogP contribution >= 0.6 is 0 Å². The molecule has 0 saturated carbocycles. The van der Waals surface area contributed by atoms with Crippen LogP contribution in [0.3, 0.4) is 0 Å². The van der Waals surface area contributed by atoms with E-state index in [0.717, 1.165) is 41.2 Å². The molecule has 1 aromatic carbocycles. The number of fused-ring (bicyclic) bond motifs is 2. The molecule has 0 unspecified atom stereocenters. The number of imidazole rings is 1. The minimum Gasteiger partial charge on any atom is -0.372 e. The summed E-state index contributed by atoms with van der Waals surface area (Å²) in [5, 5.41) is 7.98. The van der Waals surface area contributed by atoms with Crippen molar-refractivity contribution >= 4 is 28.6 Å². The molecular weight excluding hydrogens is 392 g/mol. The highest BCUT2D eigenvalue weighted by Gasteiger charge is 2.29. The Morgan fingerprint density at radius 2 is 2.03 bits per heavy atom. The van der Waals surface area contributed by atoms with Gasteiger partial charge in [0.15, 0.2) is 5.65 Å². The normalized spacial score (nSPS) is 16.5. The Kier molecular flexibility index (Phi) is 4.77. The highest BCUT2D eigenvalue weighted by Crippen LogP contribution is 2.26. The van der Waals surface area contributed by atoms with Crippen molar-refractivity contribution in [2.24, 2.45) is 0 Å². The average Bonchev–Trinajstić information content (AvgIpc) is 3.35. The van der Waals surface area contributed by atoms with Gasteiger partial charge in [-0.2, -0.15) is 19.6 Å². The summed E-state index contributed by atoms with van der Waals surface area (Å²) in [6.45, 7) is 11.1. The number of anilines is 2. The summed E-state index contributed by atoms with van der Waals surface area (Å²) in [4.78, 5) is 19.9. The number of benzene rings is 1. The highest BCUT2D eigenvalue weighted by molar-refractivity contribution is 5.74. The van der Waals surface area contributed by atoms with Crippen LogP contribution in [0.4, 0.5) is 11.9 Å². The smallest absolute Gasteiger partial charge is 0.230 e. The van der Waals surface area contributed by atoms with Crippen molar-refractivity contribution in [2.75, 3.05) is 29.9 Å². The van der Waals surface area contributed by atoms with Crippen molar-refractivity contribution < 1.29 is 4.74 Å². The van der Waals surface area contributed by atoms with Gasteiger partial charge in [-0.05, 0) is 31.9 Å². The summed E-state index contributed by atoms with van der Waals surface area (Å²) in [6.07, 6.45) is 1.88. The number of hydrogen-bond donors (Lipinski definition) is 2. The minimum absolute atomic E-state index is 0.239. The Bertz CT molecular complexity index is 1190. The van der Waals surface area contributed by atoms with E-state index in [1.54, 1.807) is 4.52 Å². The van der Waals surface area contributed by atoms with Gasteiger partial charge in [-0.1, -0.05) is 26.0 Å². The van der Waals surface area contributed by atoms with Crippen molar-refractivity contribution in [2.45, 2.75) is 45.8 Å². The van der Waals surface area contributed by atoms with Gasteiger partial charge in [0.2, 0.25) is 11.9 Å². The van der Waals surface area contributed by atoms with E-state index in [1.807, 2.05) is 30.5 Å². The second kappa shape index (κ2) is 7.49. The largest absolute Gasteiger partial charge is 0.372 e. The first-order chi connectivity index (χ1) is 14.9. The number of para-hydroxylation sites is 2. The number of rotatable bonds is 5. The molecule has 2 N–H and O–H groups in total. The molecule has 1 aliphatic rings. The Hall–Kier alpha value is -3.20. The molecule has 1 fully saturated rings. The Morgan fingerprint density at radius 3 is 2.81 bits per heavy atom. The van der Waals surface area contributed by atoms with Gasteiger partial charge in [-0.3, -0.25) is 0 Å². The van der Waals surface area contributed by atoms with Crippen molar-refractivity contribution in [3.05, 3.63) is 41.9 Å². The third kappa shape index (κ3) is 3.81. The third-order valence-corrected chi connectivity index (χ3v) is 5.57. The van der Waals surface area contributed by atoms with Crippen LogP contribution in [-0.2, 0) is 11.3 Å². The lowest BCUT2D eigenvalue weighted by Crippen LogP contribution is -2.49. The zero-order valence-corrected chi connectivity index (χ0v) is 18.4. The molecule has 0 atom stereocenters. The van der Waals surface area contributed by atoms with E-state index < -0.39 is 0 Å². The maximum absolute atomic E-state index is 5.87. The number of hydrogen-bond acceptors (Lipinski definition) is 7. The van der Waals surface area contributed by atoms with Gasteiger partial charge in [0, 0.05) is 18.7 Å². The first-order valence-electron chi connectivity index (χ1n) is 10.7. The summed E-state index contributed by atoms with van der Waals surface area (Å²) >= 11 is 0. The van der Waals surface area contributed by atoms with E-state index in [9.17, 15) is 0 Å². The zero-order valence-electron chi connectivity index (χ0n) is 18.4. The van der Waals surface area contributed by atoms with Gasteiger partial charge in [-0.25, -0.2) is 4.98 Å². The van der Waals surface area contributed by atoms with Crippen LogP contribution in [0.2, 0.25) is 0 Å². The fraction of sp³-hybridized carbons (Fsp3) is 0.455. The molecule has 4 heterocycles. The first kappa shape index (κ1) is 19.7. The predicted molar refractivity (Wildman–Crippen MR) is 121 cm³/mol. The summed E-state index contributed by atoms with van der Waals surface area (Å²) in [7, 11) is 0. The molecule has 0 radical (unpaired) electrons. The van der Waals surface area contributed by atoms with Crippen molar-refractivity contribution in [3.63, 3.8) is 0 Å². The average molecular weight is 421 g/mol. The molecule has 1 aliphatic heterocycles. The molecular formula is C22H28N8O. The SMILES string of the molecule is CC(C)c1cnn2c(NCc3nc4ccccc4[nH]3)nc(N3CCOC(C)(C)C3)nc12. The minimum atomic E-state index is -0.239. The van der Waals surface area contributed by atoms with E-state index in [4.69, 9.17) is 14.7 Å². The number of ether oxygens (including phenoxy) is 1. The predicted octanol–water partition coefficient (Wildman–Crippen LogP) is 3.35. The van der Waals surface area contributed by atoms with Gasteiger partial charge in [-0.15, -0.1) is 0 Å². The third-order valence-electron chi connectivity index (χ3n) is 5.57. The van der Waals surface area contributed by atoms with Crippen LogP contribution in [-0.4, -0.2) is 54.8 Å². The number of morpholine rings is 1. The van der Waals surface area contributed by atoms with Gasteiger partial charge in [0.05, 0.1) is 36.0 Å². The highest BCUT2D eigenvalue weighted by atomic mass is 16.5. The van der Waals surface area contributed by atoms with Crippen molar-refractivity contribution in [3.8, 4) is 0 Å². The number of nitrogens with zero attached hydrogens (tertiary/aromatic N) is 6. The molecule has 4 aromatic rings. The Morgan fingerprint density at radius 1 is 1.19 bits per heavy atom. The van der Waals surface area contributed by atoms with Gasteiger partial charge < -0.3 is 19.9 Å². The lowest BCUT2D eigenvalue weighted by Gasteiger charge is -2.38. The lowest BCUT2D eigenvalue weighted by molar-refractivity contribution is -0.0281. The Balaban J connectivity index is 1.51. The molecule has 31 heavy (non-hydrogen) atoms. The second-order valence-electron chi connectivity index (χ2n) is 8.92. The van der Waals surface area contributed by atoms with Gasteiger partial charge in [0.1, 0.15) is 5.82 Å². The van der Waals surface area contributed by atoms with E-state index >= 15 is 0 Å². The molecule has 9 nitrogen and oxygen atoms in total. The molecule has 9 heteroatoms. The Labute approximate surface area is 180 Å². The molecule has 1 saturated heterocycles. The number of aromatic nitrogens is 6. The van der Waals surface area contributed by atoms with Crippen LogP contribution in [0, 0.1) is 0 Å². The van der Waals surface area contributed by atoms with E-state index in [0.29, 0.717) is 31.0 Å². The summed E-state index contributed by atoms with van der Waals surface area (Å²) in [5.74, 6) is 2.50. The molecule has 3 aromatic heterocycles.